The number of rotatable bonds is 8. The quantitative estimate of drug-likeness (QED) is 0.279. The number of methoxy groups -OCH3 is 1. The number of nitriles is 1. The van der Waals surface area contributed by atoms with Crippen LogP contribution in [0.15, 0.2) is 77.5 Å². The molecule has 2 unspecified atom stereocenters. The highest BCUT2D eigenvalue weighted by Gasteiger charge is 2.54. The van der Waals surface area contributed by atoms with E-state index in [9.17, 15) is 10.1 Å². The van der Waals surface area contributed by atoms with E-state index < -0.39 is 0 Å². The molecule has 4 aromatic rings. The van der Waals surface area contributed by atoms with E-state index in [0.29, 0.717) is 23.4 Å². The van der Waals surface area contributed by atoms with E-state index in [1.807, 2.05) is 93.5 Å². The van der Waals surface area contributed by atoms with Gasteiger partial charge in [0.2, 0.25) is 6.41 Å². The lowest BCUT2D eigenvalue weighted by atomic mass is 10.0. The summed E-state index contributed by atoms with van der Waals surface area (Å²) in [6.45, 7) is 6.49. The molecule has 0 bridgehead atoms. The van der Waals surface area contributed by atoms with Gasteiger partial charge in [-0.25, -0.2) is 0 Å². The largest absolute Gasteiger partial charge is 0.497 e. The van der Waals surface area contributed by atoms with Crippen molar-refractivity contribution in [2.75, 3.05) is 46.3 Å². The standard InChI is InChI=1S/C19H15N3O2.C7H16N2O.C7H8O/c20-8-12-7-11(13-3-5-21-17-4-6-24-19(13)17)1-2-16(12)22-18-14-9-23-10-15(14)18;1-7(2,8-6-10)5-9(3)4;1-8-7-5-3-2-4-6-7/h1-7,14-15,18,22H,9-10H2;6H,5H2,1-4H3,(H,8,10);2-6H,1H3. The van der Waals surface area contributed by atoms with Crippen LogP contribution in [0.4, 0.5) is 5.69 Å². The molecule has 2 N–H and O–H groups in total. The van der Waals surface area contributed by atoms with Crippen molar-refractivity contribution in [2.45, 2.75) is 25.4 Å². The van der Waals surface area contributed by atoms with Gasteiger partial charge in [0, 0.05) is 47.8 Å². The van der Waals surface area contributed by atoms with Crippen LogP contribution >= 0.6 is 0 Å². The normalized spacial score (nSPS) is 18.5. The molecule has 0 radical (unpaired) electrons. The van der Waals surface area contributed by atoms with E-state index in [0.717, 1.165) is 59.8 Å². The van der Waals surface area contributed by atoms with Crippen LogP contribution in [-0.2, 0) is 9.53 Å². The molecular weight excluding hydrogens is 530 g/mol. The Morgan fingerprint density at radius 2 is 1.86 bits per heavy atom. The number of hydrogen-bond donors (Lipinski definition) is 2. The number of nitrogens with one attached hydrogen (secondary N) is 2. The fourth-order valence-electron chi connectivity index (χ4n) is 5.22. The summed E-state index contributed by atoms with van der Waals surface area (Å²) in [6, 6.07) is 22.1. The Kier molecular flexibility index (Phi) is 10.2. The first-order valence-corrected chi connectivity index (χ1v) is 13.9. The lowest BCUT2D eigenvalue weighted by Crippen LogP contribution is -2.46. The van der Waals surface area contributed by atoms with E-state index in [1.54, 1.807) is 19.6 Å². The van der Waals surface area contributed by atoms with Gasteiger partial charge < -0.3 is 29.4 Å². The number of benzene rings is 2. The van der Waals surface area contributed by atoms with E-state index >= 15 is 0 Å². The summed E-state index contributed by atoms with van der Waals surface area (Å²) in [7, 11) is 5.62. The lowest BCUT2D eigenvalue weighted by Gasteiger charge is -2.27. The number of para-hydroxylation sites is 1. The van der Waals surface area contributed by atoms with Crippen molar-refractivity contribution in [1.82, 2.24) is 15.2 Å². The smallest absolute Gasteiger partial charge is 0.207 e. The maximum Gasteiger partial charge on any atom is 0.207 e. The number of aromatic nitrogens is 1. The minimum atomic E-state index is -0.120. The predicted octanol–water partition coefficient (Wildman–Crippen LogP) is 5.19. The minimum Gasteiger partial charge on any atom is -0.497 e. The van der Waals surface area contributed by atoms with Gasteiger partial charge in [0.1, 0.15) is 17.3 Å². The van der Waals surface area contributed by atoms with Gasteiger partial charge in [0.15, 0.2) is 5.58 Å². The molecule has 1 saturated heterocycles. The Morgan fingerprint density at radius 1 is 1.12 bits per heavy atom. The molecule has 2 aromatic heterocycles. The number of fused-ring (bicyclic) bond motifs is 2. The Hall–Kier alpha value is -4.39. The highest BCUT2D eigenvalue weighted by molar-refractivity contribution is 5.90. The maximum absolute atomic E-state index is 10.1. The number of furan rings is 1. The van der Waals surface area contributed by atoms with E-state index in [4.69, 9.17) is 13.9 Å². The summed E-state index contributed by atoms with van der Waals surface area (Å²) in [5.41, 5.74) is 4.89. The van der Waals surface area contributed by atoms with Gasteiger partial charge in [-0.2, -0.15) is 5.26 Å². The second kappa shape index (κ2) is 14.0. The summed E-state index contributed by atoms with van der Waals surface area (Å²) >= 11 is 0. The lowest BCUT2D eigenvalue weighted by molar-refractivity contribution is -0.111. The number of pyridine rings is 1. The Labute approximate surface area is 247 Å². The van der Waals surface area contributed by atoms with Crippen molar-refractivity contribution in [1.29, 1.82) is 5.26 Å². The Bertz CT molecular complexity index is 1490. The molecule has 9 heteroatoms. The minimum absolute atomic E-state index is 0.120. The molecule has 2 aromatic carbocycles. The van der Waals surface area contributed by atoms with Crippen molar-refractivity contribution in [3.63, 3.8) is 0 Å². The molecule has 9 nitrogen and oxygen atoms in total. The zero-order chi connectivity index (χ0) is 30.1. The first-order valence-electron chi connectivity index (χ1n) is 13.9. The van der Waals surface area contributed by atoms with Gasteiger partial charge in [-0.15, -0.1) is 0 Å². The second-order valence-electron chi connectivity index (χ2n) is 11.3. The average Bonchev–Trinajstić information content (AvgIpc) is 3.34. The Morgan fingerprint density at radius 3 is 2.48 bits per heavy atom. The number of carbonyl (C=O) groups is 1. The van der Waals surface area contributed by atoms with Gasteiger partial charge in [-0.05, 0) is 63.8 Å². The second-order valence-corrected chi connectivity index (χ2v) is 11.3. The molecule has 2 fully saturated rings. The summed E-state index contributed by atoms with van der Waals surface area (Å²) < 4.78 is 15.9. The molecule has 220 valence electrons. The number of ether oxygens (including phenoxy) is 2. The van der Waals surface area contributed by atoms with Gasteiger partial charge in [0.25, 0.3) is 0 Å². The van der Waals surface area contributed by atoms with Gasteiger partial charge in [0.05, 0.1) is 37.8 Å². The first-order chi connectivity index (χ1) is 20.3. The summed E-state index contributed by atoms with van der Waals surface area (Å²) in [5, 5.41) is 15.8. The molecule has 1 aliphatic carbocycles. The van der Waals surface area contributed by atoms with Crippen molar-refractivity contribution < 1.29 is 18.7 Å². The summed E-state index contributed by atoms with van der Waals surface area (Å²) in [5.74, 6) is 2.10. The SMILES string of the molecule is CN(C)CC(C)(C)NC=O.COc1ccccc1.N#Cc1cc(-c2ccnc3ccoc23)ccc1NC1C2COCC21. The van der Waals surface area contributed by atoms with Gasteiger partial charge in [-0.1, -0.05) is 24.3 Å². The number of nitrogens with zero attached hydrogens (tertiary/aromatic N) is 3. The third kappa shape index (κ3) is 7.87. The maximum atomic E-state index is 10.1. The fraction of sp³-hybridized carbons (Fsp3) is 0.364. The van der Waals surface area contributed by atoms with E-state index in [1.165, 1.54) is 0 Å². The van der Waals surface area contributed by atoms with Crippen molar-refractivity contribution in [2.24, 2.45) is 11.8 Å². The summed E-state index contributed by atoms with van der Waals surface area (Å²) in [4.78, 5) is 16.4. The van der Waals surface area contributed by atoms with Crippen LogP contribution in [0.5, 0.6) is 5.75 Å². The zero-order valence-electron chi connectivity index (χ0n) is 24.8. The molecular formula is C33H39N5O4. The number of hydrogen-bond acceptors (Lipinski definition) is 8. The molecule has 1 amide bonds. The van der Waals surface area contributed by atoms with Crippen LogP contribution in [-0.4, -0.2) is 68.8 Å². The Balaban J connectivity index is 0.000000186. The molecule has 0 spiro atoms. The third-order valence-corrected chi connectivity index (χ3v) is 7.21. The molecule has 6 rings (SSSR count). The highest BCUT2D eigenvalue weighted by atomic mass is 16.5. The van der Waals surface area contributed by atoms with Crippen LogP contribution in [0, 0.1) is 23.2 Å². The van der Waals surface area contributed by atoms with Gasteiger partial charge in [-0.3, -0.25) is 9.78 Å². The fourth-order valence-corrected chi connectivity index (χ4v) is 5.22. The monoisotopic (exact) mass is 569 g/mol. The number of carbonyl (C=O) groups excluding carboxylic acids is 1. The molecule has 42 heavy (non-hydrogen) atoms. The van der Waals surface area contributed by atoms with E-state index in [-0.39, 0.29) is 5.54 Å². The van der Waals surface area contributed by atoms with Crippen LogP contribution in [0.2, 0.25) is 0 Å². The number of anilines is 1. The van der Waals surface area contributed by atoms with Crippen molar-refractivity contribution >= 4 is 23.2 Å². The van der Waals surface area contributed by atoms with E-state index in [2.05, 4.69) is 21.7 Å². The molecule has 1 aliphatic heterocycles. The third-order valence-electron chi connectivity index (χ3n) is 7.21. The number of amides is 1. The van der Waals surface area contributed by atoms with Gasteiger partial charge >= 0.3 is 0 Å². The topological polar surface area (TPSA) is 113 Å². The predicted molar refractivity (Wildman–Crippen MR) is 164 cm³/mol. The van der Waals surface area contributed by atoms with Crippen LogP contribution < -0.4 is 15.4 Å². The molecule has 1 saturated carbocycles. The van der Waals surface area contributed by atoms with Crippen LogP contribution in [0.3, 0.4) is 0 Å². The number of likely N-dealkylation sites (N-methyl/N-ethyl adjacent to an activating group) is 1. The van der Waals surface area contributed by atoms with Crippen LogP contribution in [0.25, 0.3) is 22.2 Å². The van der Waals surface area contributed by atoms with Crippen LogP contribution in [0.1, 0.15) is 19.4 Å². The van der Waals surface area contributed by atoms with Crippen molar-refractivity contribution in [3.8, 4) is 22.9 Å². The average molecular weight is 570 g/mol. The first kappa shape index (κ1) is 30.6. The molecule has 3 heterocycles. The summed E-state index contributed by atoms with van der Waals surface area (Å²) in [6.07, 6.45) is 4.14. The highest BCUT2D eigenvalue weighted by Crippen LogP contribution is 2.46. The van der Waals surface area contributed by atoms with Crippen molar-refractivity contribution in [3.05, 3.63) is 78.7 Å². The molecule has 2 aliphatic rings. The molecule has 2 atom stereocenters. The zero-order valence-corrected chi connectivity index (χ0v) is 24.8.